The van der Waals surface area contributed by atoms with Gasteiger partial charge in [0, 0.05) is 12.6 Å². The molecule has 2 heteroatoms. The summed E-state index contributed by atoms with van der Waals surface area (Å²) >= 11 is 0. The zero-order valence-corrected chi connectivity index (χ0v) is 11.1. The Morgan fingerprint density at radius 1 is 1.39 bits per heavy atom. The number of halogens is 1. The highest BCUT2D eigenvalue weighted by Gasteiger charge is 2.36. The second-order valence-electron chi connectivity index (χ2n) is 5.99. The minimum absolute atomic E-state index is 0.0225. The molecule has 0 aromatic heterocycles. The van der Waals surface area contributed by atoms with Gasteiger partial charge in [-0.05, 0) is 54.7 Å². The highest BCUT2D eigenvalue weighted by molar-refractivity contribution is 5.35. The van der Waals surface area contributed by atoms with Gasteiger partial charge in [0.05, 0.1) is 0 Å². The first kappa shape index (κ1) is 12.2. The fraction of sp³-hybridized carbons (Fsp3) is 0.625. The maximum Gasteiger partial charge on any atom is 0.126 e. The Morgan fingerprint density at radius 2 is 2.22 bits per heavy atom. The summed E-state index contributed by atoms with van der Waals surface area (Å²) in [5.41, 5.74) is 2.67. The number of nitrogens with one attached hydrogen (secondary N) is 1. The van der Waals surface area contributed by atoms with Crippen LogP contribution in [-0.2, 0) is 6.42 Å². The van der Waals surface area contributed by atoms with Crippen LogP contribution in [0, 0.1) is 11.2 Å². The Labute approximate surface area is 109 Å². The minimum atomic E-state index is -0.0225. The molecule has 1 atom stereocenters. The van der Waals surface area contributed by atoms with E-state index in [9.17, 15) is 4.39 Å². The molecule has 2 aliphatic rings. The van der Waals surface area contributed by atoms with Crippen LogP contribution in [0.1, 0.15) is 56.2 Å². The van der Waals surface area contributed by atoms with Crippen LogP contribution in [0.3, 0.4) is 0 Å². The third-order valence-corrected chi connectivity index (χ3v) is 5.10. The van der Waals surface area contributed by atoms with E-state index < -0.39 is 0 Å². The van der Waals surface area contributed by atoms with Gasteiger partial charge in [0.2, 0.25) is 0 Å². The largest absolute Gasteiger partial charge is 0.309 e. The summed E-state index contributed by atoms with van der Waals surface area (Å²) in [5, 5.41) is 3.69. The molecule has 1 N–H and O–H groups in total. The predicted molar refractivity (Wildman–Crippen MR) is 72.0 cm³/mol. The standard InChI is InChI=1S/C16H22FN/c1-2-16(9-4-10-16)11-18-15-8-7-12-13(15)5-3-6-14(12)17/h3,5-6,15,18H,2,4,7-11H2,1H3. The first-order chi connectivity index (χ1) is 8.74. The van der Waals surface area contributed by atoms with Crippen molar-refractivity contribution in [1.29, 1.82) is 0 Å². The molecule has 1 unspecified atom stereocenters. The third kappa shape index (κ3) is 1.97. The molecule has 3 rings (SSSR count). The smallest absolute Gasteiger partial charge is 0.126 e. The van der Waals surface area contributed by atoms with Gasteiger partial charge in [-0.15, -0.1) is 0 Å². The van der Waals surface area contributed by atoms with E-state index in [0.29, 0.717) is 11.5 Å². The fourth-order valence-corrected chi connectivity index (χ4v) is 3.49. The normalized spacial score (nSPS) is 24.7. The van der Waals surface area contributed by atoms with Gasteiger partial charge in [-0.3, -0.25) is 0 Å². The second-order valence-corrected chi connectivity index (χ2v) is 5.99. The topological polar surface area (TPSA) is 12.0 Å². The highest BCUT2D eigenvalue weighted by Crippen LogP contribution is 2.44. The number of benzene rings is 1. The van der Waals surface area contributed by atoms with Crippen molar-refractivity contribution in [2.24, 2.45) is 5.41 Å². The first-order valence-corrected chi connectivity index (χ1v) is 7.25. The molecule has 0 spiro atoms. The Hall–Kier alpha value is -0.890. The molecule has 2 aliphatic carbocycles. The lowest BCUT2D eigenvalue weighted by molar-refractivity contribution is 0.119. The van der Waals surface area contributed by atoms with Crippen LogP contribution in [0.15, 0.2) is 18.2 Å². The van der Waals surface area contributed by atoms with Crippen LogP contribution in [0.5, 0.6) is 0 Å². The van der Waals surface area contributed by atoms with Gasteiger partial charge < -0.3 is 5.32 Å². The Bertz CT molecular complexity index is 431. The van der Waals surface area contributed by atoms with Crippen molar-refractivity contribution in [1.82, 2.24) is 5.32 Å². The molecule has 1 nitrogen and oxygen atoms in total. The number of rotatable bonds is 4. The molecular weight excluding hydrogens is 225 g/mol. The molecule has 18 heavy (non-hydrogen) atoms. The summed E-state index contributed by atoms with van der Waals surface area (Å²) in [7, 11) is 0. The van der Waals surface area contributed by atoms with E-state index >= 15 is 0 Å². The monoisotopic (exact) mass is 247 g/mol. The lowest BCUT2D eigenvalue weighted by atomic mass is 9.67. The lowest BCUT2D eigenvalue weighted by Gasteiger charge is -2.42. The number of hydrogen-bond donors (Lipinski definition) is 1. The van der Waals surface area contributed by atoms with Crippen molar-refractivity contribution in [2.45, 2.75) is 51.5 Å². The van der Waals surface area contributed by atoms with Crippen molar-refractivity contribution in [3.8, 4) is 0 Å². The Kier molecular flexibility index (Phi) is 3.14. The van der Waals surface area contributed by atoms with E-state index in [1.165, 1.54) is 31.2 Å². The molecule has 0 aliphatic heterocycles. The van der Waals surface area contributed by atoms with Crippen molar-refractivity contribution < 1.29 is 4.39 Å². The molecule has 1 aromatic rings. The molecule has 0 bridgehead atoms. The molecule has 0 heterocycles. The van der Waals surface area contributed by atoms with E-state index in [1.807, 2.05) is 6.07 Å². The summed E-state index contributed by atoms with van der Waals surface area (Å²) in [4.78, 5) is 0. The van der Waals surface area contributed by atoms with Crippen molar-refractivity contribution >= 4 is 0 Å². The Morgan fingerprint density at radius 3 is 2.89 bits per heavy atom. The summed E-state index contributed by atoms with van der Waals surface area (Å²) in [6.45, 7) is 3.40. The lowest BCUT2D eigenvalue weighted by Crippen LogP contribution is -2.40. The van der Waals surface area contributed by atoms with E-state index in [1.54, 1.807) is 6.07 Å². The summed E-state index contributed by atoms with van der Waals surface area (Å²) in [6.07, 6.45) is 7.31. The molecular formula is C16H22FN. The van der Waals surface area contributed by atoms with Gasteiger partial charge in [-0.1, -0.05) is 25.5 Å². The maximum atomic E-state index is 13.7. The van der Waals surface area contributed by atoms with E-state index in [0.717, 1.165) is 24.9 Å². The summed E-state index contributed by atoms with van der Waals surface area (Å²) < 4.78 is 13.7. The average Bonchev–Trinajstić information content (AvgIpc) is 2.73. The van der Waals surface area contributed by atoms with Crippen molar-refractivity contribution in [3.05, 3.63) is 35.1 Å². The zero-order chi connectivity index (χ0) is 12.6. The molecule has 0 radical (unpaired) electrons. The Balaban J connectivity index is 1.68. The predicted octanol–water partition coefficient (Wildman–Crippen LogP) is 3.98. The molecule has 98 valence electrons. The van der Waals surface area contributed by atoms with Crippen molar-refractivity contribution in [2.75, 3.05) is 6.54 Å². The van der Waals surface area contributed by atoms with Crippen LogP contribution >= 0.6 is 0 Å². The van der Waals surface area contributed by atoms with E-state index in [-0.39, 0.29) is 5.82 Å². The fourth-order valence-electron chi connectivity index (χ4n) is 3.49. The quantitative estimate of drug-likeness (QED) is 0.848. The maximum absolute atomic E-state index is 13.7. The van der Waals surface area contributed by atoms with Crippen LogP contribution in [0.2, 0.25) is 0 Å². The van der Waals surface area contributed by atoms with Gasteiger partial charge in [0.15, 0.2) is 0 Å². The average molecular weight is 247 g/mol. The van der Waals surface area contributed by atoms with Gasteiger partial charge in [-0.25, -0.2) is 4.39 Å². The number of fused-ring (bicyclic) bond motifs is 1. The third-order valence-electron chi connectivity index (χ3n) is 5.10. The molecule has 0 amide bonds. The van der Waals surface area contributed by atoms with Gasteiger partial charge >= 0.3 is 0 Å². The summed E-state index contributed by atoms with van der Waals surface area (Å²) in [6, 6.07) is 5.88. The van der Waals surface area contributed by atoms with Gasteiger partial charge in [0.25, 0.3) is 0 Å². The molecule has 0 saturated heterocycles. The second kappa shape index (κ2) is 4.65. The number of hydrogen-bond acceptors (Lipinski definition) is 1. The highest BCUT2D eigenvalue weighted by atomic mass is 19.1. The van der Waals surface area contributed by atoms with Crippen LogP contribution in [0.25, 0.3) is 0 Å². The van der Waals surface area contributed by atoms with E-state index in [2.05, 4.69) is 18.3 Å². The van der Waals surface area contributed by atoms with Gasteiger partial charge in [-0.2, -0.15) is 0 Å². The SMILES string of the molecule is CCC1(CNC2CCc3c(F)cccc32)CCC1. The van der Waals surface area contributed by atoms with E-state index in [4.69, 9.17) is 0 Å². The van der Waals surface area contributed by atoms with Crippen LogP contribution < -0.4 is 5.32 Å². The van der Waals surface area contributed by atoms with Crippen LogP contribution in [-0.4, -0.2) is 6.54 Å². The summed E-state index contributed by atoms with van der Waals surface area (Å²) in [5.74, 6) is -0.0225. The minimum Gasteiger partial charge on any atom is -0.309 e. The first-order valence-electron chi connectivity index (χ1n) is 7.25. The molecule has 1 fully saturated rings. The zero-order valence-electron chi connectivity index (χ0n) is 11.1. The molecule has 1 saturated carbocycles. The van der Waals surface area contributed by atoms with Crippen LogP contribution in [0.4, 0.5) is 4.39 Å². The molecule has 1 aromatic carbocycles. The van der Waals surface area contributed by atoms with Crippen molar-refractivity contribution in [3.63, 3.8) is 0 Å². The van der Waals surface area contributed by atoms with Gasteiger partial charge in [0.1, 0.15) is 5.82 Å².